The number of hydrogen-bond acceptors (Lipinski definition) is 4. The number of nitrogens with zero attached hydrogens (tertiary/aromatic N) is 2. The zero-order chi connectivity index (χ0) is 16.2. The third-order valence-electron chi connectivity index (χ3n) is 4.03. The van der Waals surface area contributed by atoms with Crippen LogP contribution in [0, 0.1) is 0 Å². The summed E-state index contributed by atoms with van der Waals surface area (Å²) < 4.78 is 6.72. The molecule has 1 amide bonds. The van der Waals surface area contributed by atoms with Crippen molar-refractivity contribution in [1.82, 2.24) is 4.98 Å². The van der Waals surface area contributed by atoms with Crippen LogP contribution in [0.15, 0.2) is 18.2 Å². The Bertz CT molecular complexity index is 682. The number of rotatable bonds is 6. The van der Waals surface area contributed by atoms with Gasteiger partial charge in [0.05, 0.1) is 22.9 Å². The molecule has 23 heavy (non-hydrogen) atoms. The largest absolute Gasteiger partial charge is 0.376 e. The van der Waals surface area contributed by atoms with Crippen molar-refractivity contribution in [2.75, 3.05) is 18.1 Å². The summed E-state index contributed by atoms with van der Waals surface area (Å²) in [5.41, 5.74) is 0.884. The number of anilines is 1. The van der Waals surface area contributed by atoms with E-state index in [4.69, 9.17) is 16.3 Å². The number of ether oxygens (including phenoxy) is 1. The van der Waals surface area contributed by atoms with Gasteiger partial charge in [0, 0.05) is 18.1 Å². The van der Waals surface area contributed by atoms with Gasteiger partial charge >= 0.3 is 0 Å². The summed E-state index contributed by atoms with van der Waals surface area (Å²) in [5, 5.41) is 1.44. The minimum absolute atomic E-state index is 0.121. The lowest BCUT2D eigenvalue weighted by Crippen LogP contribution is -2.37. The topological polar surface area (TPSA) is 42.4 Å². The molecule has 1 unspecified atom stereocenters. The maximum Gasteiger partial charge on any atom is 0.228 e. The van der Waals surface area contributed by atoms with Crippen LogP contribution >= 0.6 is 22.9 Å². The van der Waals surface area contributed by atoms with Crippen LogP contribution in [0.3, 0.4) is 0 Å². The number of aromatic nitrogens is 1. The van der Waals surface area contributed by atoms with Crippen molar-refractivity contribution < 1.29 is 9.53 Å². The first-order valence-corrected chi connectivity index (χ1v) is 9.35. The highest BCUT2D eigenvalue weighted by atomic mass is 35.5. The second kappa shape index (κ2) is 7.60. The van der Waals surface area contributed by atoms with Crippen LogP contribution in [0.2, 0.25) is 5.02 Å². The SMILES string of the molecule is CCCCC(=O)N(CC1CCCO1)c1nc2ccc(Cl)cc2s1. The van der Waals surface area contributed by atoms with Gasteiger partial charge in [0.25, 0.3) is 0 Å². The lowest BCUT2D eigenvalue weighted by molar-refractivity contribution is -0.119. The summed E-state index contributed by atoms with van der Waals surface area (Å²) in [7, 11) is 0. The van der Waals surface area contributed by atoms with Crippen molar-refractivity contribution in [1.29, 1.82) is 0 Å². The quantitative estimate of drug-likeness (QED) is 0.759. The third kappa shape index (κ3) is 4.03. The van der Waals surface area contributed by atoms with Crippen LogP contribution in [0.5, 0.6) is 0 Å². The van der Waals surface area contributed by atoms with Crippen LogP contribution < -0.4 is 4.90 Å². The van der Waals surface area contributed by atoms with Gasteiger partial charge in [-0.25, -0.2) is 4.98 Å². The van der Waals surface area contributed by atoms with Crippen molar-refractivity contribution in [3.63, 3.8) is 0 Å². The van der Waals surface area contributed by atoms with E-state index in [0.29, 0.717) is 18.0 Å². The maximum absolute atomic E-state index is 12.6. The molecule has 1 aliphatic heterocycles. The maximum atomic E-state index is 12.6. The van der Waals surface area contributed by atoms with Crippen molar-refractivity contribution in [2.45, 2.75) is 45.1 Å². The normalized spacial score (nSPS) is 17.7. The molecule has 0 N–H and O–H groups in total. The lowest BCUT2D eigenvalue weighted by atomic mass is 10.2. The Labute approximate surface area is 145 Å². The van der Waals surface area contributed by atoms with E-state index in [0.717, 1.165) is 47.6 Å². The molecule has 124 valence electrons. The number of hydrogen-bond donors (Lipinski definition) is 0. The number of fused-ring (bicyclic) bond motifs is 1. The smallest absolute Gasteiger partial charge is 0.228 e. The number of carbonyl (C=O) groups excluding carboxylic acids is 1. The highest BCUT2D eigenvalue weighted by Crippen LogP contribution is 2.32. The molecule has 1 aromatic heterocycles. The van der Waals surface area contributed by atoms with Gasteiger partial charge in [-0.2, -0.15) is 0 Å². The van der Waals surface area contributed by atoms with E-state index < -0.39 is 0 Å². The standard InChI is InChI=1S/C17H21ClN2O2S/c1-2-3-6-16(21)20(11-13-5-4-9-22-13)17-19-14-8-7-12(18)10-15(14)23-17/h7-8,10,13H,2-6,9,11H2,1H3. The summed E-state index contributed by atoms with van der Waals surface area (Å²) in [6.45, 7) is 3.48. The predicted octanol–water partition coefficient (Wildman–Crippen LogP) is 4.65. The van der Waals surface area contributed by atoms with Crippen molar-refractivity contribution >= 4 is 44.2 Å². The van der Waals surface area contributed by atoms with Crippen LogP contribution in [0.25, 0.3) is 10.2 Å². The fourth-order valence-electron chi connectivity index (χ4n) is 2.74. The second-order valence-electron chi connectivity index (χ2n) is 5.85. The molecule has 0 radical (unpaired) electrons. The molecule has 1 saturated heterocycles. The summed E-state index contributed by atoms with van der Waals surface area (Å²) in [6.07, 6.45) is 4.66. The zero-order valence-corrected chi connectivity index (χ0v) is 14.8. The van der Waals surface area contributed by atoms with Gasteiger partial charge in [0.1, 0.15) is 0 Å². The summed E-state index contributed by atoms with van der Waals surface area (Å²) in [6, 6.07) is 5.63. The first kappa shape index (κ1) is 16.7. The molecule has 1 aliphatic rings. The number of benzene rings is 1. The van der Waals surface area contributed by atoms with Crippen LogP contribution in [0.1, 0.15) is 39.0 Å². The first-order chi connectivity index (χ1) is 11.2. The van der Waals surface area contributed by atoms with E-state index in [2.05, 4.69) is 11.9 Å². The average Bonchev–Trinajstić information content (AvgIpc) is 3.18. The van der Waals surface area contributed by atoms with Crippen molar-refractivity contribution in [3.05, 3.63) is 23.2 Å². The fraction of sp³-hybridized carbons (Fsp3) is 0.529. The molecule has 1 atom stereocenters. The Kier molecular flexibility index (Phi) is 5.51. The minimum Gasteiger partial charge on any atom is -0.376 e. The number of carbonyl (C=O) groups is 1. The van der Waals surface area contributed by atoms with Gasteiger partial charge in [-0.15, -0.1) is 0 Å². The van der Waals surface area contributed by atoms with E-state index >= 15 is 0 Å². The molecular weight excluding hydrogens is 332 g/mol. The summed E-state index contributed by atoms with van der Waals surface area (Å²) in [5.74, 6) is 0.132. The molecule has 1 fully saturated rings. The molecule has 3 rings (SSSR count). The van der Waals surface area contributed by atoms with E-state index in [1.807, 2.05) is 23.1 Å². The van der Waals surface area contributed by atoms with Gasteiger partial charge in [0.2, 0.25) is 5.91 Å². The third-order valence-corrected chi connectivity index (χ3v) is 5.30. The van der Waals surface area contributed by atoms with E-state index in [-0.39, 0.29) is 12.0 Å². The molecule has 4 nitrogen and oxygen atoms in total. The highest BCUT2D eigenvalue weighted by molar-refractivity contribution is 7.22. The van der Waals surface area contributed by atoms with Crippen molar-refractivity contribution in [2.24, 2.45) is 0 Å². The molecule has 1 aromatic carbocycles. The molecule has 0 spiro atoms. The Morgan fingerprint density at radius 1 is 1.52 bits per heavy atom. The molecule has 0 saturated carbocycles. The van der Waals surface area contributed by atoms with Crippen LogP contribution in [-0.4, -0.2) is 30.1 Å². The van der Waals surface area contributed by atoms with Gasteiger partial charge < -0.3 is 4.74 Å². The van der Waals surface area contributed by atoms with Gasteiger partial charge in [-0.1, -0.05) is 36.3 Å². The van der Waals surface area contributed by atoms with E-state index in [1.165, 1.54) is 11.3 Å². The number of halogens is 1. The molecule has 2 heterocycles. The summed E-state index contributed by atoms with van der Waals surface area (Å²) in [4.78, 5) is 19.1. The van der Waals surface area contributed by atoms with Gasteiger partial charge in [0.15, 0.2) is 5.13 Å². The molecule has 6 heteroatoms. The number of unbranched alkanes of at least 4 members (excludes halogenated alkanes) is 1. The number of amides is 1. The van der Waals surface area contributed by atoms with Gasteiger partial charge in [-0.3, -0.25) is 9.69 Å². The number of thiazole rings is 1. The second-order valence-corrected chi connectivity index (χ2v) is 7.30. The minimum atomic E-state index is 0.121. The lowest BCUT2D eigenvalue weighted by Gasteiger charge is -2.23. The highest BCUT2D eigenvalue weighted by Gasteiger charge is 2.25. The Balaban J connectivity index is 1.86. The zero-order valence-electron chi connectivity index (χ0n) is 13.3. The first-order valence-electron chi connectivity index (χ1n) is 8.15. The van der Waals surface area contributed by atoms with Crippen LogP contribution in [-0.2, 0) is 9.53 Å². The van der Waals surface area contributed by atoms with Gasteiger partial charge in [-0.05, 0) is 37.5 Å². The Morgan fingerprint density at radius 2 is 2.39 bits per heavy atom. The van der Waals surface area contributed by atoms with Crippen LogP contribution in [0.4, 0.5) is 5.13 Å². The fourth-order valence-corrected chi connectivity index (χ4v) is 4.01. The Morgan fingerprint density at radius 3 is 3.13 bits per heavy atom. The average molecular weight is 353 g/mol. The molecular formula is C17H21ClN2O2S. The predicted molar refractivity (Wildman–Crippen MR) is 95.5 cm³/mol. The summed E-state index contributed by atoms with van der Waals surface area (Å²) >= 11 is 7.57. The monoisotopic (exact) mass is 352 g/mol. The Hall–Kier alpha value is -1.17. The molecule has 0 bridgehead atoms. The molecule has 2 aromatic rings. The molecule has 0 aliphatic carbocycles. The van der Waals surface area contributed by atoms with E-state index in [1.54, 1.807) is 0 Å². The van der Waals surface area contributed by atoms with E-state index in [9.17, 15) is 4.79 Å². The van der Waals surface area contributed by atoms with Crippen molar-refractivity contribution in [3.8, 4) is 0 Å².